The van der Waals surface area contributed by atoms with Gasteiger partial charge in [-0.15, -0.1) is 0 Å². The summed E-state index contributed by atoms with van der Waals surface area (Å²) in [6.07, 6.45) is 0. The van der Waals surface area contributed by atoms with E-state index in [1.165, 1.54) is 11.1 Å². The van der Waals surface area contributed by atoms with Gasteiger partial charge in [-0.25, -0.2) is 0 Å². The minimum atomic E-state index is 0.694. The molecule has 1 aromatic carbocycles. The van der Waals surface area contributed by atoms with Crippen LogP contribution in [-0.4, -0.2) is 13.7 Å². The van der Waals surface area contributed by atoms with E-state index in [0.717, 1.165) is 13.1 Å². The highest BCUT2D eigenvalue weighted by Crippen LogP contribution is 2.05. The van der Waals surface area contributed by atoms with Gasteiger partial charge in [0.15, 0.2) is 0 Å². The molecule has 2 heteroatoms. The third kappa shape index (κ3) is 4.96. The average molecular weight is 207 g/mol. The molecule has 0 spiro atoms. The molecule has 0 amide bonds. The molecule has 0 bridgehead atoms. The van der Waals surface area contributed by atoms with E-state index in [-0.39, 0.29) is 0 Å². The van der Waals surface area contributed by atoms with Crippen molar-refractivity contribution in [3.63, 3.8) is 0 Å². The molecule has 0 heterocycles. The second-order valence-electron chi connectivity index (χ2n) is 4.27. The van der Waals surface area contributed by atoms with E-state index < -0.39 is 0 Å². The smallest absolute Gasteiger partial charge is 0.0713 e. The molecule has 1 rings (SSSR count). The molecule has 15 heavy (non-hydrogen) atoms. The first-order chi connectivity index (χ1) is 7.22. The van der Waals surface area contributed by atoms with E-state index in [0.29, 0.717) is 12.5 Å². The van der Waals surface area contributed by atoms with E-state index in [1.807, 2.05) is 0 Å². The van der Waals surface area contributed by atoms with Crippen LogP contribution in [0.2, 0.25) is 0 Å². The fourth-order valence-corrected chi connectivity index (χ4v) is 1.43. The highest BCUT2D eigenvalue weighted by atomic mass is 16.5. The van der Waals surface area contributed by atoms with E-state index in [1.54, 1.807) is 7.11 Å². The van der Waals surface area contributed by atoms with Crippen LogP contribution in [0.3, 0.4) is 0 Å². The molecular formula is C13H21NO. The number of nitrogens with one attached hydrogen (secondary N) is 1. The van der Waals surface area contributed by atoms with Crippen LogP contribution in [-0.2, 0) is 17.9 Å². The third-order valence-corrected chi connectivity index (χ3v) is 2.22. The van der Waals surface area contributed by atoms with Crippen LogP contribution in [0.1, 0.15) is 25.0 Å². The van der Waals surface area contributed by atoms with Crippen molar-refractivity contribution in [3.8, 4) is 0 Å². The fraction of sp³-hybridized carbons (Fsp3) is 0.538. The normalized spacial score (nSPS) is 10.9. The lowest BCUT2D eigenvalue weighted by Crippen LogP contribution is -2.18. The Kier molecular flexibility index (Phi) is 5.37. The van der Waals surface area contributed by atoms with Crippen LogP contribution >= 0.6 is 0 Å². The van der Waals surface area contributed by atoms with Crippen LogP contribution in [0, 0.1) is 5.92 Å². The lowest BCUT2D eigenvalue weighted by molar-refractivity contribution is 0.185. The standard InChI is InChI=1S/C13H21NO/c1-11(2)8-14-9-12-4-6-13(7-5-12)10-15-3/h4-7,11,14H,8-10H2,1-3H3. The summed E-state index contributed by atoms with van der Waals surface area (Å²) < 4.78 is 5.06. The summed E-state index contributed by atoms with van der Waals surface area (Å²) in [7, 11) is 1.72. The van der Waals surface area contributed by atoms with Crippen molar-refractivity contribution >= 4 is 0 Å². The molecule has 0 aliphatic carbocycles. The Balaban J connectivity index is 2.36. The Bertz CT molecular complexity index is 266. The molecule has 0 saturated heterocycles. The second-order valence-corrected chi connectivity index (χ2v) is 4.27. The molecule has 0 aromatic heterocycles. The predicted octanol–water partition coefficient (Wildman–Crippen LogP) is 2.58. The fourth-order valence-electron chi connectivity index (χ4n) is 1.43. The average Bonchev–Trinajstić information content (AvgIpc) is 2.20. The van der Waals surface area contributed by atoms with Crippen molar-refractivity contribution in [2.45, 2.75) is 27.0 Å². The Morgan fingerprint density at radius 3 is 2.27 bits per heavy atom. The predicted molar refractivity (Wildman–Crippen MR) is 63.7 cm³/mol. The van der Waals surface area contributed by atoms with Gasteiger partial charge < -0.3 is 10.1 Å². The molecule has 2 nitrogen and oxygen atoms in total. The SMILES string of the molecule is COCc1ccc(CNCC(C)C)cc1. The van der Waals surface area contributed by atoms with Gasteiger partial charge >= 0.3 is 0 Å². The zero-order valence-corrected chi connectivity index (χ0v) is 9.92. The molecule has 0 aliphatic rings. The molecule has 0 saturated carbocycles. The lowest BCUT2D eigenvalue weighted by atomic mass is 10.1. The maximum atomic E-state index is 5.06. The van der Waals surface area contributed by atoms with Crippen LogP contribution in [0.25, 0.3) is 0 Å². The minimum Gasteiger partial charge on any atom is -0.380 e. The van der Waals surface area contributed by atoms with Crippen LogP contribution in [0.15, 0.2) is 24.3 Å². The molecule has 0 fully saturated rings. The number of rotatable bonds is 6. The molecule has 0 radical (unpaired) electrons. The molecular weight excluding hydrogens is 186 g/mol. The monoisotopic (exact) mass is 207 g/mol. The molecule has 0 unspecified atom stereocenters. The first-order valence-corrected chi connectivity index (χ1v) is 5.50. The Hall–Kier alpha value is -0.860. The van der Waals surface area contributed by atoms with Gasteiger partial charge in [0.25, 0.3) is 0 Å². The van der Waals surface area contributed by atoms with Gasteiger partial charge in [0.05, 0.1) is 6.61 Å². The van der Waals surface area contributed by atoms with Gasteiger partial charge in [-0.3, -0.25) is 0 Å². The molecule has 1 N–H and O–H groups in total. The largest absolute Gasteiger partial charge is 0.380 e. The minimum absolute atomic E-state index is 0.694. The summed E-state index contributed by atoms with van der Waals surface area (Å²) in [5.41, 5.74) is 2.56. The lowest BCUT2D eigenvalue weighted by Gasteiger charge is -2.08. The number of hydrogen-bond donors (Lipinski definition) is 1. The van der Waals surface area contributed by atoms with Crippen LogP contribution in [0.4, 0.5) is 0 Å². The summed E-state index contributed by atoms with van der Waals surface area (Å²) in [5.74, 6) is 0.706. The zero-order valence-electron chi connectivity index (χ0n) is 9.92. The van der Waals surface area contributed by atoms with Crippen molar-refractivity contribution in [2.24, 2.45) is 5.92 Å². The van der Waals surface area contributed by atoms with E-state index >= 15 is 0 Å². The Labute approximate surface area is 92.6 Å². The molecule has 1 aromatic rings. The van der Waals surface area contributed by atoms with Gasteiger partial charge in [-0.2, -0.15) is 0 Å². The Morgan fingerprint density at radius 2 is 1.73 bits per heavy atom. The van der Waals surface area contributed by atoms with Crippen molar-refractivity contribution in [1.82, 2.24) is 5.32 Å². The van der Waals surface area contributed by atoms with Crippen molar-refractivity contribution in [2.75, 3.05) is 13.7 Å². The highest BCUT2D eigenvalue weighted by molar-refractivity contribution is 5.21. The Morgan fingerprint density at radius 1 is 1.13 bits per heavy atom. The van der Waals surface area contributed by atoms with Crippen molar-refractivity contribution in [3.05, 3.63) is 35.4 Å². The maximum Gasteiger partial charge on any atom is 0.0713 e. The van der Waals surface area contributed by atoms with Crippen LogP contribution in [0.5, 0.6) is 0 Å². The third-order valence-electron chi connectivity index (χ3n) is 2.22. The van der Waals surface area contributed by atoms with E-state index in [2.05, 4.69) is 43.4 Å². The maximum absolute atomic E-state index is 5.06. The number of hydrogen-bond acceptors (Lipinski definition) is 2. The first kappa shape index (κ1) is 12.2. The first-order valence-electron chi connectivity index (χ1n) is 5.50. The molecule has 0 atom stereocenters. The highest BCUT2D eigenvalue weighted by Gasteiger charge is 1.96. The second kappa shape index (κ2) is 6.59. The zero-order chi connectivity index (χ0) is 11.1. The number of ether oxygens (including phenoxy) is 1. The van der Waals surface area contributed by atoms with E-state index in [4.69, 9.17) is 4.74 Å². The summed E-state index contributed by atoms with van der Waals surface area (Å²) in [6, 6.07) is 8.55. The van der Waals surface area contributed by atoms with Gasteiger partial charge in [0.2, 0.25) is 0 Å². The topological polar surface area (TPSA) is 21.3 Å². The number of benzene rings is 1. The molecule has 0 aliphatic heterocycles. The van der Waals surface area contributed by atoms with Crippen LogP contribution < -0.4 is 5.32 Å². The van der Waals surface area contributed by atoms with Gasteiger partial charge in [-0.1, -0.05) is 38.1 Å². The summed E-state index contributed by atoms with van der Waals surface area (Å²) >= 11 is 0. The van der Waals surface area contributed by atoms with Gasteiger partial charge in [0, 0.05) is 13.7 Å². The van der Waals surface area contributed by atoms with E-state index in [9.17, 15) is 0 Å². The summed E-state index contributed by atoms with van der Waals surface area (Å²) in [5, 5.41) is 3.42. The van der Waals surface area contributed by atoms with Gasteiger partial charge in [-0.05, 0) is 23.6 Å². The summed E-state index contributed by atoms with van der Waals surface area (Å²) in [6.45, 7) is 7.15. The van der Waals surface area contributed by atoms with Gasteiger partial charge in [0.1, 0.15) is 0 Å². The number of methoxy groups -OCH3 is 1. The quantitative estimate of drug-likeness (QED) is 0.774. The molecule has 84 valence electrons. The summed E-state index contributed by atoms with van der Waals surface area (Å²) in [4.78, 5) is 0. The van der Waals surface area contributed by atoms with Crippen molar-refractivity contribution < 1.29 is 4.74 Å². The van der Waals surface area contributed by atoms with Crippen molar-refractivity contribution in [1.29, 1.82) is 0 Å².